The summed E-state index contributed by atoms with van der Waals surface area (Å²) >= 11 is 12.3. The first kappa shape index (κ1) is 27.2. The quantitative estimate of drug-likeness (QED) is 0.217. The molecular weight excluding hydrogens is 542 g/mol. The fraction of sp³-hybridized carbons (Fsp3) is 0.391. The molecule has 5 atom stereocenters. The van der Waals surface area contributed by atoms with Gasteiger partial charge < -0.3 is 19.7 Å². The summed E-state index contributed by atoms with van der Waals surface area (Å²) in [4.78, 5) is 0.841. The smallest absolute Gasteiger partial charge is 0.194 e. The van der Waals surface area contributed by atoms with Crippen LogP contribution >= 0.6 is 34.1 Å². The standard InChI is InChI=1S/C23H24Cl2F3N3O4S/c1-34-4-5-35-19-11-36(13-2-3-14(24)15(25)8-13)20(10-32)23(33)22(19)31-9-18(29-30-31)12-6-16(26)21(28)17(27)7-12/h2-3,6-9,19-20,22-23,32-33,36H,4-5,10-11H2,1H3/t19-,20+,22+,23-/m0/s1. The molecule has 2 aromatic carbocycles. The van der Waals surface area contributed by atoms with Gasteiger partial charge in [-0.2, -0.15) is 0 Å². The van der Waals surface area contributed by atoms with Crippen molar-refractivity contribution >= 4 is 34.1 Å². The van der Waals surface area contributed by atoms with Crippen LogP contribution in [0.4, 0.5) is 13.2 Å². The minimum Gasteiger partial charge on any atom is -0.395 e. The number of methoxy groups -OCH3 is 1. The van der Waals surface area contributed by atoms with Gasteiger partial charge in [0.2, 0.25) is 0 Å². The van der Waals surface area contributed by atoms with Crippen LogP contribution in [-0.2, 0) is 9.47 Å². The fourth-order valence-electron chi connectivity index (χ4n) is 4.26. The van der Waals surface area contributed by atoms with Crippen molar-refractivity contribution in [3.05, 3.63) is 64.0 Å². The Morgan fingerprint density at radius 3 is 2.47 bits per heavy atom. The first-order chi connectivity index (χ1) is 17.2. The summed E-state index contributed by atoms with van der Waals surface area (Å²) in [5.74, 6) is -3.85. The molecule has 36 heavy (non-hydrogen) atoms. The molecule has 0 saturated carbocycles. The van der Waals surface area contributed by atoms with Gasteiger partial charge in [0.15, 0.2) is 17.5 Å². The summed E-state index contributed by atoms with van der Waals surface area (Å²) < 4.78 is 53.4. The van der Waals surface area contributed by atoms with E-state index in [9.17, 15) is 23.4 Å². The van der Waals surface area contributed by atoms with Crippen LogP contribution < -0.4 is 0 Å². The van der Waals surface area contributed by atoms with Crippen LogP contribution in [0.15, 0.2) is 41.4 Å². The van der Waals surface area contributed by atoms with Crippen molar-refractivity contribution in [2.75, 3.05) is 32.7 Å². The maximum atomic E-state index is 13.8. The Bertz CT molecular complexity index is 1200. The molecular formula is C23H24Cl2F3N3O4S. The molecule has 0 spiro atoms. The van der Waals surface area contributed by atoms with Crippen molar-refractivity contribution in [3.8, 4) is 11.3 Å². The molecule has 0 aliphatic carbocycles. The largest absolute Gasteiger partial charge is 0.395 e. The van der Waals surface area contributed by atoms with E-state index in [2.05, 4.69) is 10.3 Å². The van der Waals surface area contributed by atoms with E-state index in [0.29, 0.717) is 22.4 Å². The summed E-state index contributed by atoms with van der Waals surface area (Å²) in [6.45, 7) is 0.225. The lowest BCUT2D eigenvalue weighted by Crippen LogP contribution is -2.51. The third kappa shape index (κ3) is 5.52. The minimum atomic E-state index is -1.58. The number of rotatable bonds is 8. The van der Waals surface area contributed by atoms with E-state index in [1.165, 1.54) is 18.0 Å². The number of aliphatic hydroxyl groups is 2. The molecule has 7 nitrogen and oxygen atoms in total. The molecule has 13 heteroatoms. The number of hydrogen-bond donors (Lipinski definition) is 3. The molecule has 1 saturated heterocycles. The second kappa shape index (κ2) is 11.7. The van der Waals surface area contributed by atoms with Crippen LogP contribution in [0.25, 0.3) is 11.3 Å². The predicted octanol–water partition coefficient (Wildman–Crippen LogP) is 4.04. The topological polar surface area (TPSA) is 89.6 Å². The second-order valence-electron chi connectivity index (χ2n) is 8.22. The Hall–Kier alpha value is -1.86. The van der Waals surface area contributed by atoms with E-state index < -0.39 is 51.8 Å². The van der Waals surface area contributed by atoms with Crippen molar-refractivity contribution in [3.63, 3.8) is 0 Å². The molecule has 0 bridgehead atoms. The molecule has 1 aliphatic rings. The van der Waals surface area contributed by atoms with E-state index in [-0.39, 0.29) is 24.5 Å². The zero-order valence-electron chi connectivity index (χ0n) is 19.0. The highest BCUT2D eigenvalue weighted by Gasteiger charge is 2.45. The average molecular weight is 566 g/mol. The van der Waals surface area contributed by atoms with Gasteiger partial charge >= 0.3 is 0 Å². The zero-order valence-corrected chi connectivity index (χ0v) is 21.4. The average Bonchev–Trinajstić information content (AvgIpc) is 3.33. The van der Waals surface area contributed by atoms with Crippen LogP contribution in [0.2, 0.25) is 10.0 Å². The summed E-state index contributed by atoms with van der Waals surface area (Å²) in [5.41, 5.74) is 0.0603. The Balaban J connectivity index is 1.69. The monoisotopic (exact) mass is 565 g/mol. The molecule has 1 aliphatic heterocycles. The predicted molar refractivity (Wildman–Crippen MR) is 131 cm³/mol. The first-order valence-corrected chi connectivity index (χ1v) is 13.3. The molecule has 3 aromatic rings. The second-order valence-corrected chi connectivity index (χ2v) is 11.5. The fourth-order valence-corrected chi connectivity index (χ4v) is 7.51. The lowest BCUT2D eigenvalue weighted by atomic mass is 10.0. The van der Waals surface area contributed by atoms with Gasteiger partial charge in [0.1, 0.15) is 11.7 Å². The Morgan fingerprint density at radius 2 is 1.83 bits per heavy atom. The minimum absolute atomic E-state index is 0.0171. The zero-order chi connectivity index (χ0) is 26.0. The highest BCUT2D eigenvalue weighted by atomic mass is 35.5. The van der Waals surface area contributed by atoms with Crippen molar-refractivity contribution in [2.24, 2.45) is 0 Å². The summed E-state index contributed by atoms with van der Waals surface area (Å²) in [6.07, 6.45) is -0.295. The molecule has 196 valence electrons. The van der Waals surface area contributed by atoms with Crippen LogP contribution in [0, 0.1) is 17.5 Å². The van der Waals surface area contributed by atoms with E-state index in [1.807, 2.05) is 6.07 Å². The lowest BCUT2D eigenvalue weighted by Gasteiger charge is -2.46. The van der Waals surface area contributed by atoms with Gasteiger partial charge in [-0.15, -0.1) is 5.10 Å². The van der Waals surface area contributed by atoms with Gasteiger partial charge in [-0.3, -0.25) is 0 Å². The maximum absolute atomic E-state index is 13.8. The number of aliphatic hydroxyl groups excluding tert-OH is 2. The molecule has 4 rings (SSSR count). The number of nitrogens with zero attached hydrogens (tertiary/aromatic N) is 3. The third-order valence-electron chi connectivity index (χ3n) is 6.04. The lowest BCUT2D eigenvalue weighted by molar-refractivity contribution is -0.0463. The van der Waals surface area contributed by atoms with Gasteiger partial charge in [-0.1, -0.05) is 28.4 Å². The Labute approximate surface area is 218 Å². The van der Waals surface area contributed by atoms with Crippen molar-refractivity contribution in [2.45, 2.75) is 28.4 Å². The number of halogens is 5. The van der Waals surface area contributed by atoms with Gasteiger partial charge in [0.05, 0.1) is 48.3 Å². The highest BCUT2D eigenvalue weighted by molar-refractivity contribution is 8.17. The summed E-state index contributed by atoms with van der Waals surface area (Å²) in [5, 5.41) is 29.8. The number of benzene rings is 2. The number of thiol groups is 1. The summed E-state index contributed by atoms with van der Waals surface area (Å²) in [7, 11) is 0.397. The normalized spacial score (nSPS) is 25.3. The Kier molecular flexibility index (Phi) is 8.82. The first-order valence-electron chi connectivity index (χ1n) is 10.9. The molecule has 1 fully saturated rings. The molecule has 0 amide bonds. The van der Waals surface area contributed by atoms with Crippen LogP contribution in [-0.4, -0.2) is 75.3 Å². The van der Waals surface area contributed by atoms with Gasteiger partial charge in [0, 0.05) is 23.7 Å². The van der Waals surface area contributed by atoms with E-state index in [1.54, 1.807) is 12.1 Å². The highest BCUT2D eigenvalue weighted by Crippen LogP contribution is 2.51. The Morgan fingerprint density at radius 1 is 1.11 bits per heavy atom. The van der Waals surface area contributed by atoms with Crippen molar-refractivity contribution in [1.29, 1.82) is 0 Å². The molecule has 1 unspecified atom stereocenters. The molecule has 2 heterocycles. The van der Waals surface area contributed by atoms with Gasteiger partial charge in [-0.05, 0) is 35.2 Å². The third-order valence-corrected chi connectivity index (χ3v) is 9.74. The van der Waals surface area contributed by atoms with Crippen LogP contribution in [0.5, 0.6) is 0 Å². The summed E-state index contributed by atoms with van der Waals surface area (Å²) in [6, 6.07) is 6.06. The van der Waals surface area contributed by atoms with Crippen LogP contribution in [0.1, 0.15) is 6.04 Å². The molecule has 2 N–H and O–H groups in total. The number of aromatic nitrogens is 3. The molecule has 0 radical (unpaired) electrons. The van der Waals surface area contributed by atoms with Crippen molar-refractivity contribution in [1.82, 2.24) is 15.0 Å². The SMILES string of the molecule is COCCO[C@H]1C[SH](c2ccc(Cl)c(Cl)c2)[C@H](CO)[C@H](O)[C@@H]1n1cc(-c2cc(F)c(F)c(F)c2)nn1. The van der Waals surface area contributed by atoms with Crippen molar-refractivity contribution < 1.29 is 32.9 Å². The van der Waals surface area contributed by atoms with E-state index >= 15 is 0 Å². The van der Waals surface area contributed by atoms with Gasteiger partial charge in [0.25, 0.3) is 0 Å². The van der Waals surface area contributed by atoms with Gasteiger partial charge in [-0.25, -0.2) is 28.7 Å². The molecule has 1 aromatic heterocycles. The van der Waals surface area contributed by atoms with Crippen LogP contribution in [0.3, 0.4) is 0 Å². The number of hydrogen-bond acceptors (Lipinski definition) is 6. The maximum Gasteiger partial charge on any atom is 0.194 e. The number of ether oxygens (including phenoxy) is 2. The van der Waals surface area contributed by atoms with E-state index in [4.69, 9.17) is 32.7 Å². The van der Waals surface area contributed by atoms with E-state index in [0.717, 1.165) is 17.0 Å².